The number of carbonyl (C=O) groups excluding carboxylic acids is 2. The number of anilines is 2. The fourth-order valence-corrected chi connectivity index (χ4v) is 3.09. The first-order valence-corrected chi connectivity index (χ1v) is 9.96. The highest BCUT2D eigenvalue weighted by atomic mass is 16.2. The summed E-state index contributed by atoms with van der Waals surface area (Å²) in [4.78, 5) is 28.4. The number of nitrogens with zero attached hydrogens (tertiary/aromatic N) is 2. The quantitative estimate of drug-likeness (QED) is 0.747. The van der Waals surface area contributed by atoms with E-state index in [1.54, 1.807) is 0 Å². The third-order valence-electron chi connectivity index (χ3n) is 4.62. The van der Waals surface area contributed by atoms with Crippen molar-refractivity contribution in [3.05, 3.63) is 24.3 Å². The highest BCUT2D eigenvalue weighted by molar-refractivity contribution is 5.89. The number of amides is 3. The summed E-state index contributed by atoms with van der Waals surface area (Å²) >= 11 is 0. The van der Waals surface area contributed by atoms with Gasteiger partial charge in [-0.3, -0.25) is 4.79 Å². The lowest BCUT2D eigenvalue weighted by atomic mass is 9.91. The van der Waals surface area contributed by atoms with Crippen LogP contribution in [0.1, 0.15) is 47.0 Å². The molecule has 1 heterocycles. The van der Waals surface area contributed by atoms with Crippen molar-refractivity contribution in [1.82, 2.24) is 10.2 Å². The lowest BCUT2D eigenvalue weighted by Gasteiger charge is -2.37. The minimum absolute atomic E-state index is 0.0277. The summed E-state index contributed by atoms with van der Waals surface area (Å²) < 4.78 is 0. The Morgan fingerprint density at radius 3 is 2.22 bits per heavy atom. The van der Waals surface area contributed by atoms with E-state index in [-0.39, 0.29) is 17.4 Å². The van der Waals surface area contributed by atoms with Crippen molar-refractivity contribution in [2.45, 2.75) is 47.0 Å². The second-order valence-electron chi connectivity index (χ2n) is 8.39. The van der Waals surface area contributed by atoms with Gasteiger partial charge in [-0.25, -0.2) is 4.79 Å². The van der Waals surface area contributed by atoms with Gasteiger partial charge in [-0.2, -0.15) is 0 Å². The maximum atomic E-state index is 12.4. The van der Waals surface area contributed by atoms with Crippen molar-refractivity contribution < 1.29 is 9.59 Å². The molecule has 0 unspecified atom stereocenters. The number of unbranched alkanes of at least 4 members (excludes halogenated alkanes) is 1. The zero-order valence-electron chi connectivity index (χ0n) is 17.2. The molecular formula is C21H34N4O2. The Labute approximate surface area is 163 Å². The third-order valence-corrected chi connectivity index (χ3v) is 4.62. The minimum atomic E-state index is -0.165. The van der Waals surface area contributed by atoms with Gasteiger partial charge in [-0.05, 0) is 36.1 Å². The maximum Gasteiger partial charge on any atom is 0.319 e. The molecule has 0 saturated carbocycles. The summed E-state index contributed by atoms with van der Waals surface area (Å²) in [5.41, 5.74) is 1.93. The smallest absolute Gasteiger partial charge is 0.319 e. The molecule has 3 amide bonds. The van der Waals surface area contributed by atoms with Crippen LogP contribution < -0.4 is 15.5 Å². The average Bonchev–Trinajstić information content (AvgIpc) is 2.61. The topological polar surface area (TPSA) is 64.7 Å². The molecule has 1 aliphatic heterocycles. The van der Waals surface area contributed by atoms with E-state index in [1.165, 1.54) is 0 Å². The normalized spacial score (nSPS) is 14.8. The van der Waals surface area contributed by atoms with Gasteiger partial charge in [0.1, 0.15) is 0 Å². The molecule has 0 spiro atoms. The van der Waals surface area contributed by atoms with Crippen LogP contribution in [0.5, 0.6) is 0 Å². The molecule has 0 radical (unpaired) electrons. The summed E-state index contributed by atoms with van der Waals surface area (Å²) in [5, 5.41) is 5.70. The molecule has 150 valence electrons. The van der Waals surface area contributed by atoms with Gasteiger partial charge in [-0.15, -0.1) is 0 Å². The van der Waals surface area contributed by atoms with E-state index in [9.17, 15) is 9.59 Å². The molecule has 0 aromatic heterocycles. The summed E-state index contributed by atoms with van der Waals surface area (Å²) in [6.07, 6.45) is 2.63. The SMILES string of the molecule is CCCCNC(=O)Nc1ccc(N2CCN(C(=O)CC(C)(C)C)CC2)cc1. The van der Waals surface area contributed by atoms with Crippen LogP contribution in [0.2, 0.25) is 0 Å². The fourth-order valence-electron chi connectivity index (χ4n) is 3.09. The number of hydrogen-bond acceptors (Lipinski definition) is 3. The van der Waals surface area contributed by atoms with Gasteiger partial charge in [0.15, 0.2) is 0 Å². The summed E-state index contributed by atoms with van der Waals surface area (Å²) in [5.74, 6) is 0.246. The van der Waals surface area contributed by atoms with Crippen molar-refractivity contribution in [1.29, 1.82) is 0 Å². The van der Waals surface area contributed by atoms with Crippen LogP contribution in [0, 0.1) is 5.41 Å². The standard InChI is InChI=1S/C21H34N4O2/c1-5-6-11-22-20(27)23-17-7-9-18(10-8-17)24-12-14-25(15-13-24)19(26)16-21(2,3)4/h7-10H,5-6,11-16H2,1-4H3,(H2,22,23,27). The van der Waals surface area contributed by atoms with E-state index in [4.69, 9.17) is 0 Å². The number of piperazine rings is 1. The lowest BCUT2D eigenvalue weighted by Crippen LogP contribution is -2.49. The van der Waals surface area contributed by atoms with Crippen LogP contribution in [0.25, 0.3) is 0 Å². The van der Waals surface area contributed by atoms with Crippen LogP contribution in [0.15, 0.2) is 24.3 Å². The number of urea groups is 1. The Hall–Kier alpha value is -2.24. The largest absolute Gasteiger partial charge is 0.368 e. The van der Waals surface area contributed by atoms with E-state index >= 15 is 0 Å². The molecule has 1 aliphatic rings. The first-order chi connectivity index (χ1) is 12.8. The molecule has 1 fully saturated rings. The maximum absolute atomic E-state index is 12.4. The molecule has 6 nitrogen and oxygen atoms in total. The Bertz CT molecular complexity index is 614. The van der Waals surface area contributed by atoms with E-state index in [2.05, 4.69) is 43.2 Å². The molecule has 2 rings (SSSR count). The van der Waals surface area contributed by atoms with E-state index < -0.39 is 0 Å². The Morgan fingerprint density at radius 1 is 1.04 bits per heavy atom. The van der Waals surface area contributed by atoms with Gasteiger partial charge in [-0.1, -0.05) is 34.1 Å². The molecule has 0 atom stereocenters. The molecule has 6 heteroatoms. The van der Waals surface area contributed by atoms with E-state index in [0.29, 0.717) is 13.0 Å². The van der Waals surface area contributed by atoms with Crippen molar-refractivity contribution in [2.75, 3.05) is 42.9 Å². The first kappa shape index (κ1) is 21.1. The molecule has 0 bridgehead atoms. The van der Waals surface area contributed by atoms with Crippen molar-refractivity contribution >= 4 is 23.3 Å². The van der Waals surface area contributed by atoms with Crippen molar-refractivity contribution in [3.63, 3.8) is 0 Å². The summed E-state index contributed by atoms with van der Waals surface area (Å²) in [6.45, 7) is 12.3. The molecule has 2 N–H and O–H groups in total. The van der Waals surface area contributed by atoms with Crippen LogP contribution in [-0.4, -0.2) is 49.6 Å². The van der Waals surface area contributed by atoms with Crippen LogP contribution in [0.3, 0.4) is 0 Å². The minimum Gasteiger partial charge on any atom is -0.368 e. The van der Waals surface area contributed by atoms with Crippen LogP contribution in [-0.2, 0) is 4.79 Å². The highest BCUT2D eigenvalue weighted by Gasteiger charge is 2.24. The van der Waals surface area contributed by atoms with Crippen LogP contribution >= 0.6 is 0 Å². The van der Waals surface area contributed by atoms with Gasteiger partial charge in [0.2, 0.25) is 5.91 Å². The fraction of sp³-hybridized carbons (Fsp3) is 0.619. The molecule has 1 aromatic carbocycles. The van der Waals surface area contributed by atoms with Crippen molar-refractivity contribution in [3.8, 4) is 0 Å². The number of benzene rings is 1. The monoisotopic (exact) mass is 374 g/mol. The molecule has 1 aromatic rings. The van der Waals surface area contributed by atoms with E-state index in [0.717, 1.165) is 50.4 Å². The Morgan fingerprint density at radius 2 is 1.67 bits per heavy atom. The van der Waals surface area contributed by atoms with Gasteiger partial charge < -0.3 is 20.4 Å². The Kier molecular flexibility index (Phi) is 7.51. The summed E-state index contributed by atoms with van der Waals surface area (Å²) in [7, 11) is 0. The molecule has 0 aliphatic carbocycles. The predicted molar refractivity (Wildman–Crippen MR) is 111 cm³/mol. The molecular weight excluding hydrogens is 340 g/mol. The zero-order chi connectivity index (χ0) is 19.9. The average molecular weight is 375 g/mol. The van der Waals surface area contributed by atoms with Crippen molar-refractivity contribution in [2.24, 2.45) is 5.41 Å². The van der Waals surface area contributed by atoms with Gasteiger partial charge in [0.05, 0.1) is 0 Å². The number of hydrogen-bond donors (Lipinski definition) is 2. The highest BCUT2D eigenvalue weighted by Crippen LogP contribution is 2.22. The number of rotatable bonds is 6. The van der Waals surface area contributed by atoms with Gasteiger partial charge in [0.25, 0.3) is 0 Å². The van der Waals surface area contributed by atoms with Gasteiger partial charge in [0, 0.05) is 50.5 Å². The predicted octanol–water partition coefficient (Wildman–Crippen LogP) is 3.69. The number of nitrogens with one attached hydrogen (secondary N) is 2. The molecule has 1 saturated heterocycles. The molecule has 27 heavy (non-hydrogen) atoms. The Balaban J connectivity index is 1.81. The van der Waals surface area contributed by atoms with E-state index in [1.807, 2.05) is 29.2 Å². The van der Waals surface area contributed by atoms with Crippen LogP contribution in [0.4, 0.5) is 16.2 Å². The first-order valence-electron chi connectivity index (χ1n) is 9.96. The second kappa shape index (κ2) is 9.62. The third kappa shape index (κ3) is 7.12. The zero-order valence-corrected chi connectivity index (χ0v) is 17.2. The lowest BCUT2D eigenvalue weighted by molar-refractivity contribution is -0.133. The number of carbonyl (C=O) groups is 2. The second-order valence-corrected chi connectivity index (χ2v) is 8.39. The van der Waals surface area contributed by atoms with Gasteiger partial charge >= 0.3 is 6.03 Å². The summed E-state index contributed by atoms with van der Waals surface area (Å²) in [6, 6.07) is 7.72.